The van der Waals surface area contributed by atoms with Crippen LogP contribution in [0.3, 0.4) is 0 Å². The number of phenolic OH excluding ortho intramolecular Hbond substituents is 1. The van der Waals surface area contributed by atoms with E-state index in [2.05, 4.69) is 16.3 Å². The molecule has 4 aromatic carbocycles. The number of ether oxygens (including phenoxy) is 2. The van der Waals surface area contributed by atoms with E-state index in [0.717, 1.165) is 45.3 Å². The Morgan fingerprint density at radius 2 is 1.67 bits per heavy atom. The lowest BCUT2D eigenvalue weighted by molar-refractivity contribution is 0.340. The highest BCUT2D eigenvalue weighted by Gasteiger charge is 2.41. The van der Waals surface area contributed by atoms with Crippen molar-refractivity contribution in [1.82, 2.24) is 9.78 Å². The van der Waals surface area contributed by atoms with E-state index in [0.29, 0.717) is 29.8 Å². The second-order valence-corrected chi connectivity index (χ2v) is 10.2. The normalized spacial score (nSPS) is 15.0. The number of aryl methyl sites for hydroxylation is 1. The third-order valence-electron chi connectivity index (χ3n) is 7.59. The molecule has 0 aliphatic carbocycles. The molecule has 1 aromatic heterocycles. The first-order valence-corrected chi connectivity index (χ1v) is 14.1. The average Bonchev–Trinajstić information content (AvgIpc) is 3.37. The van der Waals surface area contributed by atoms with Gasteiger partial charge in [-0.25, -0.2) is 14.7 Å². The maximum atomic E-state index is 10.5. The summed E-state index contributed by atoms with van der Waals surface area (Å²) in [4.78, 5) is 12.5. The number of rotatable bonds is 6. The molecule has 9 heteroatoms. The molecule has 2 N–H and O–H groups in total. The van der Waals surface area contributed by atoms with Gasteiger partial charge in [-0.3, -0.25) is 0 Å². The Bertz CT molecular complexity index is 1880. The standard InChI is InChI=1S/C34H30N6O3/c1-4-43-25-17-15-23(16-18-25)35-32-34-37-33-30(21(2)38-40(33)24-10-6-5-7-11-24)31(22-14-19-28(41)29(20-22)42-3)39(34)27-13-9-8-12-26(27)36-32/h5-20,31,41H,4H2,1-3H3,(H,35,36)/t31-/m1/s1. The Labute approximate surface area is 249 Å². The van der Waals surface area contributed by atoms with Crippen LogP contribution in [0.4, 0.5) is 22.9 Å². The summed E-state index contributed by atoms with van der Waals surface area (Å²) in [6.07, 6.45) is 0. The van der Waals surface area contributed by atoms with Crippen molar-refractivity contribution in [2.75, 3.05) is 23.9 Å². The summed E-state index contributed by atoms with van der Waals surface area (Å²) >= 11 is 0. The van der Waals surface area contributed by atoms with Gasteiger partial charge in [-0.05, 0) is 80.1 Å². The van der Waals surface area contributed by atoms with Crippen LogP contribution in [-0.2, 0) is 0 Å². The van der Waals surface area contributed by atoms with Crippen LogP contribution in [-0.4, -0.2) is 40.3 Å². The van der Waals surface area contributed by atoms with Crippen LogP contribution in [0.5, 0.6) is 17.2 Å². The number of anilines is 2. The van der Waals surface area contributed by atoms with Crippen LogP contribution >= 0.6 is 0 Å². The molecule has 43 heavy (non-hydrogen) atoms. The lowest BCUT2D eigenvalue weighted by Gasteiger charge is -2.40. The number of phenols is 1. The zero-order chi connectivity index (χ0) is 29.5. The van der Waals surface area contributed by atoms with E-state index in [1.165, 1.54) is 0 Å². The predicted octanol–water partition coefficient (Wildman–Crippen LogP) is 7.09. The van der Waals surface area contributed by atoms with Gasteiger partial charge < -0.3 is 24.8 Å². The fourth-order valence-corrected chi connectivity index (χ4v) is 5.66. The molecule has 1 atom stereocenters. The molecule has 0 spiro atoms. The molecule has 0 saturated carbocycles. The Morgan fingerprint density at radius 1 is 0.907 bits per heavy atom. The van der Waals surface area contributed by atoms with Crippen molar-refractivity contribution >= 4 is 34.6 Å². The summed E-state index contributed by atoms with van der Waals surface area (Å²) in [5, 5.41) is 19.0. The predicted molar refractivity (Wildman–Crippen MR) is 169 cm³/mol. The summed E-state index contributed by atoms with van der Waals surface area (Å²) in [6, 6.07) is 30.9. The first-order chi connectivity index (χ1) is 21.1. The fraction of sp³-hybridized carbons (Fsp3) is 0.147. The summed E-state index contributed by atoms with van der Waals surface area (Å²) in [6.45, 7) is 4.57. The van der Waals surface area contributed by atoms with E-state index in [4.69, 9.17) is 24.6 Å². The minimum Gasteiger partial charge on any atom is -0.504 e. The second-order valence-electron chi connectivity index (χ2n) is 10.2. The van der Waals surface area contributed by atoms with E-state index in [1.54, 1.807) is 13.2 Å². The highest BCUT2D eigenvalue weighted by Crippen LogP contribution is 2.49. The number of hydrogen-bond acceptors (Lipinski definition) is 8. The Morgan fingerprint density at radius 3 is 2.44 bits per heavy atom. The fourth-order valence-electron chi connectivity index (χ4n) is 5.66. The number of para-hydroxylation sites is 3. The maximum absolute atomic E-state index is 10.5. The van der Waals surface area contributed by atoms with E-state index < -0.39 is 0 Å². The van der Waals surface area contributed by atoms with Crippen LogP contribution in [0, 0.1) is 6.92 Å². The minimum absolute atomic E-state index is 0.0753. The molecule has 0 unspecified atom stereocenters. The van der Waals surface area contributed by atoms with E-state index in [1.807, 2.05) is 103 Å². The summed E-state index contributed by atoms with van der Waals surface area (Å²) in [7, 11) is 1.55. The monoisotopic (exact) mass is 570 g/mol. The van der Waals surface area contributed by atoms with Crippen molar-refractivity contribution < 1.29 is 14.6 Å². The van der Waals surface area contributed by atoms with E-state index >= 15 is 0 Å². The van der Waals surface area contributed by atoms with Gasteiger partial charge in [0.1, 0.15) is 5.75 Å². The van der Waals surface area contributed by atoms with Gasteiger partial charge in [0.15, 0.2) is 29.0 Å². The number of benzene rings is 4. The molecule has 2 aliphatic heterocycles. The number of amidine groups is 2. The van der Waals surface area contributed by atoms with Gasteiger partial charge in [0, 0.05) is 11.3 Å². The van der Waals surface area contributed by atoms with Crippen LogP contribution in [0.2, 0.25) is 0 Å². The van der Waals surface area contributed by atoms with Gasteiger partial charge in [0.25, 0.3) is 0 Å². The number of nitrogens with one attached hydrogen (secondary N) is 1. The summed E-state index contributed by atoms with van der Waals surface area (Å²) in [5.41, 5.74) is 6.19. The van der Waals surface area contributed by atoms with Crippen molar-refractivity contribution in [3.63, 3.8) is 0 Å². The molecule has 5 aromatic rings. The molecule has 2 aliphatic rings. The second kappa shape index (κ2) is 10.7. The smallest absolute Gasteiger partial charge is 0.179 e. The quantitative estimate of drug-likeness (QED) is 0.226. The minimum atomic E-state index is -0.344. The molecule has 0 fully saturated rings. The van der Waals surface area contributed by atoms with Crippen LogP contribution < -0.4 is 19.7 Å². The zero-order valence-corrected chi connectivity index (χ0v) is 24.0. The lowest BCUT2D eigenvalue weighted by atomic mass is 9.93. The summed E-state index contributed by atoms with van der Waals surface area (Å²) in [5.74, 6) is 3.23. The highest BCUT2D eigenvalue weighted by molar-refractivity contribution is 6.51. The zero-order valence-electron chi connectivity index (χ0n) is 24.0. The SMILES string of the molecule is CCOc1ccc(NC2=Nc3ccccc3N3C2=Nc2c(c(C)nn2-c2ccccc2)[C@H]3c2ccc(O)c(OC)c2)cc1. The molecule has 3 heterocycles. The van der Waals surface area contributed by atoms with Crippen molar-refractivity contribution in [3.8, 4) is 22.9 Å². The van der Waals surface area contributed by atoms with Crippen molar-refractivity contribution in [1.29, 1.82) is 0 Å². The molecule has 0 saturated heterocycles. The Kier molecular flexibility index (Phi) is 6.54. The van der Waals surface area contributed by atoms with Gasteiger partial charge in [-0.1, -0.05) is 36.4 Å². The third-order valence-corrected chi connectivity index (χ3v) is 7.59. The van der Waals surface area contributed by atoms with Crippen LogP contribution in [0.15, 0.2) is 107 Å². The number of methoxy groups -OCH3 is 1. The van der Waals surface area contributed by atoms with Gasteiger partial charge in [-0.2, -0.15) is 5.10 Å². The Balaban J connectivity index is 1.46. The molecule has 0 amide bonds. The average molecular weight is 571 g/mol. The number of aliphatic imine (C=N–C) groups is 2. The van der Waals surface area contributed by atoms with Crippen LogP contribution in [0.25, 0.3) is 5.69 Å². The largest absolute Gasteiger partial charge is 0.504 e. The van der Waals surface area contributed by atoms with Gasteiger partial charge >= 0.3 is 0 Å². The molecular weight excluding hydrogens is 540 g/mol. The van der Waals surface area contributed by atoms with Gasteiger partial charge in [0.2, 0.25) is 0 Å². The van der Waals surface area contributed by atoms with Gasteiger partial charge in [-0.15, -0.1) is 0 Å². The molecule has 7 rings (SSSR count). The topological polar surface area (TPSA) is 96.5 Å². The van der Waals surface area contributed by atoms with Crippen molar-refractivity contribution in [2.45, 2.75) is 19.9 Å². The number of aromatic nitrogens is 2. The summed E-state index contributed by atoms with van der Waals surface area (Å²) < 4.78 is 13.1. The number of hydrogen-bond donors (Lipinski definition) is 2. The molecule has 214 valence electrons. The lowest BCUT2D eigenvalue weighted by Crippen LogP contribution is -2.46. The van der Waals surface area contributed by atoms with E-state index in [-0.39, 0.29) is 11.8 Å². The first-order valence-electron chi connectivity index (χ1n) is 14.1. The number of aromatic hydroxyl groups is 1. The van der Waals surface area contributed by atoms with Crippen molar-refractivity contribution in [2.24, 2.45) is 9.98 Å². The maximum Gasteiger partial charge on any atom is 0.179 e. The Hall–Kier alpha value is -5.57. The molecule has 0 radical (unpaired) electrons. The molecular formula is C34H30N6O3. The van der Waals surface area contributed by atoms with E-state index in [9.17, 15) is 5.11 Å². The molecule has 0 bridgehead atoms. The molecule has 9 nitrogen and oxygen atoms in total. The number of nitrogens with zero attached hydrogens (tertiary/aromatic N) is 5. The van der Waals surface area contributed by atoms with Gasteiger partial charge in [0.05, 0.1) is 42.5 Å². The third kappa shape index (κ3) is 4.55. The van der Waals surface area contributed by atoms with Crippen molar-refractivity contribution in [3.05, 3.63) is 114 Å². The highest BCUT2D eigenvalue weighted by atomic mass is 16.5. The number of fused-ring (bicyclic) bond motifs is 4. The first kappa shape index (κ1) is 26.3. The van der Waals surface area contributed by atoms with Crippen LogP contribution in [0.1, 0.15) is 29.8 Å².